The summed E-state index contributed by atoms with van der Waals surface area (Å²) in [5.74, 6) is 0. The largest absolute Gasteiger partial charge is 0.444 e. The van der Waals surface area contributed by atoms with Crippen molar-refractivity contribution in [1.82, 2.24) is 15.1 Å². The number of benzene rings is 1. The first-order valence-electron chi connectivity index (χ1n) is 7.05. The van der Waals surface area contributed by atoms with Crippen molar-refractivity contribution in [1.29, 1.82) is 0 Å². The van der Waals surface area contributed by atoms with E-state index in [1.54, 1.807) is 47.0 Å². The fourth-order valence-electron chi connectivity index (χ4n) is 2.23. The van der Waals surface area contributed by atoms with Crippen LogP contribution < -0.4 is 0 Å². The number of H-pyrrole nitrogens is 1. The Morgan fingerprint density at radius 2 is 2.00 bits per heavy atom. The SMILES string of the molecule is CN(C(=O)OC(C)(C)C)C(C)(C=O)c1cccc2cn[nH]c12. The Balaban J connectivity index is 2.46. The third-order valence-corrected chi connectivity index (χ3v) is 3.62. The van der Waals surface area contributed by atoms with Crippen molar-refractivity contribution in [3.8, 4) is 0 Å². The van der Waals surface area contributed by atoms with Crippen LogP contribution in [-0.2, 0) is 15.1 Å². The fourth-order valence-corrected chi connectivity index (χ4v) is 2.23. The molecule has 22 heavy (non-hydrogen) atoms. The third kappa shape index (κ3) is 2.81. The van der Waals surface area contributed by atoms with Gasteiger partial charge in [0.15, 0.2) is 0 Å². The molecule has 0 spiro atoms. The molecular weight excluding hydrogens is 282 g/mol. The molecule has 1 amide bonds. The number of fused-ring (bicyclic) bond motifs is 1. The van der Waals surface area contributed by atoms with Gasteiger partial charge in [-0.1, -0.05) is 18.2 Å². The number of carbonyl (C=O) groups excluding carboxylic acids is 2. The van der Waals surface area contributed by atoms with Crippen LogP contribution in [0, 0.1) is 0 Å². The second-order valence-electron chi connectivity index (χ2n) is 6.44. The summed E-state index contributed by atoms with van der Waals surface area (Å²) >= 11 is 0. The molecular formula is C16H21N3O3. The molecule has 0 bridgehead atoms. The van der Waals surface area contributed by atoms with E-state index in [0.717, 1.165) is 17.2 Å². The first kappa shape index (κ1) is 16.0. The quantitative estimate of drug-likeness (QED) is 0.885. The number of amides is 1. The van der Waals surface area contributed by atoms with Gasteiger partial charge in [-0.3, -0.25) is 10.00 Å². The summed E-state index contributed by atoms with van der Waals surface area (Å²) in [6.45, 7) is 7.03. The zero-order valence-corrected chi connectivity index (χ0v) is 13.5. The minimum atomic E-state index is -1.16. The lowest BCUT2D eigenvalue weighted by Gasteiger charge is -2.35. The normalized spacial score (nSPS) is 14.4. The Hall–Kier alpha value is -2.37. The number of para-hydroxylation sites is 1. The van der Waals surface area contributed by atoms with Crippen molar-refractivity contribution in [3.05, 3.63) is 30.0 Å². The Morgan fingerprint density at radius 3 is 2.59 bits per heavy atom. The molecule has 0 saturated carbocycles. The van der Waals surface area contributed by atoms with Crippen molar-refractivity contribution in [2.75, 3.05) is 7.05 Å². The molecule has 0 saturated heterocycles. The number of ether oxygens (including phenoxy) is 1. The van der Waals surface area contributed by atoms with Gasteiger partial charge in [-0.05, 0) is 27.7 Å². The molecule has 1 atom stereocenters. The topological polar surface area (TPSA) is 75.3 Å². The van der Waals surface area contributed by atoms with Crippen LogP contribution in [0.3, 0.4) is 0 Å². The Labute approximate surface area is 129 Å². The summed E-state index contributed by atoms with van der Waals surface area (Å²) in [5, 5.41) is 7.76. The average molecular weight is 303 g/mol. The van der Waals surface area contributed by atoms with Crippen molar-refractivity contribution in [2.24, 2.45) is 0 Å². The maximum Gasteiger partial charge on any atom is 0.411 e. The summed E-state index contributed by atoms with van der Waals surface area (Å²) in [4.78, 5) is 25.5. The minimum absolute atomic E-state index is 0.557. The number of rotatable bonds is 3. The molecule has 2 aromatic rings. The molecule has 6 nitrogen and oxygen atoms in total. The number of nitrogens with zero attached hydrogens (tertiary/aromatic N) is 2. The van der Waals surface area contributed by atoms with Gasteiger partial charge in [0.05, 0.1) is 11.7 Å². The van der Waals surface area contributed by atoms with Gasteiger partial charge in [0, 0.05) is 18.0 Å². The predicted octanol–water partition coefficient (Wildman–Crippen LogP) is 2.84. The van der Waals surface area contributed by atoms with Gasteiger partial charge in [0.2, 0.25) is 0 Å². The smallest absolute Gasteiger partial charge is 0.411 e. The fraction of sp³-hybridized carbons (Fsp3) is 0.438. The van der Waals surface area contributed by atoms with E-state index in [0.29, 0.717) is 5.56 Å². The monoisotopic (exact) mass is 303 g/mol. The lowest BCUT2D eigenvalue weighted by molar-refractivity contribution is -0.117. The number of aldehydes is 1. The molecule has 0 aliphatic carbocycles. The summed E-state index contributed by atoms with van der Waals surface area (Å²) in [6, 6.07) is 5.52. The summed E-state index contributed by atoms with van der Waals surface area (Å²) in [6.07, 6.45) is 1.86. The molecule has 1 aromatic carbocycles. The highest BCUT2D eigenvalue weighted by molar-refractivity contribution is 5.88. The number of aromatic amines is 1. The van der Waals surface area contributed by atoms with Crippen molar-refractivity contribution in [2.45, 2.75) is 38.8 Å². The van der Waals surface area contributed by atoms with E-state index in [1.165, 1.54) is 4.90 Å². The average Bonchev–Trinajstić information content (AvgIpc) is 2.91. The van der Waals surface area contributed by atoms with Gasteiger partial charge in [-0.15, -0.1) is 0 Å². The second-order valence-corrected chi connectivity index (χ2v) is 6.44. The molecule has 0 aliphatic rings. The molecule has 0 fully saturated rings. The number of hydrogen-bond acceptors (Lipinski definition) is 4. The standard InChI is InChI=1S/C16H21N3O3/c1-15(2,3)22-14(21)19(5)16(4,10-20)12-8-6-7-11-9-17-18-13(11)12/h6-10H,1-5H3,(H,17,18). The van der Waals surface area contributed by atoms with Crippen LogP contribution in [0.25, 0.3) is 10.9 Å². The third-order valence-electron chi connectivity index (χ3n) is 3.62. The first-order valence-corrected chi connectivity index (χ1v) is 7.05. The van der Waals surface area contributed by atoms with E-state index in [-0.39, 0.29) is 0 Å². The number of aromatic nitrogens is 2. The van der Waals surface area contributed by atoms with Gasteiger partial charge in [0.1, 0.15) is 17.4 Å². The van der Waals surface area contributed by atoms with Gasteiger partial charge in [0.25, 0.3) is 0 Å². The van der Waals surface area contributed by atoms with Crippen molar-refractivity contribution >= 4 is 23.3 Å². The van der Waals surface area contributed by atoms with Gasteiger partial charge in [-0.25, -0.2) is 4.79 Å². The Morgan fingerprint density at radius 1 is 1.32 bits per heavy atom. The maximum atomic E-state index is 12.3. The Kier molecular flexibility index (Phi) is 3.96. The molecule has 1 heterocycles. The minimum Gasteiger partial charge on any atom is -0.444 e. The van der Waals surface area contributed by atoms with Crippen LogP contribution in [0.5, 0.6) is 0 Å². The van der Waals surface area contributed by atoms with Crippen LogP contribution in [0.4, 0.5) is 4.79 Å². The van der Waals surface area contributed by atoms with Crippen molar-refractivity contribution in [3.63, 3.8) is 0 Å². The molecule has 0 radical (unpaired) electrons. The molecule has 2 rings (SSSR count). The summed E-state index contributed by atoms with van der Waals surface area (Å²) in [7, 11) is 1.55. The van der Waals surface area contributed by atoms with E-state index in [4.69, 9.17) is 4.74 Å². The number of hydrogen-bond donors (Lipinski definition) is 1. The van der Waals surface area contributed by atoms with E-state index in [9.17, 15) is 9.59 Å². The molecule has 6 heteroatoms. The zero-order valence-electron chi connectivity index (χ0n) is 13.5. The lowest BCUT2D eigenvalue weighted by atomic mass is 9.90. The van der Waals surface area contributed by atoms with Crippen LogP contribution >= 0.6 is 0 Å². The molecule has 118 valence electrons. The van der Waals surface area contributed by atoms with Gasteiger partial charge >= 0.3 is 6.09 Å². The van der Waals surface area contributed by atoms with E-state index < -0.39 is 17.2 Å². The van der Waals surface area contributed by atoms with Crippen LogP contribution in [0.1, 0.15) is 33.3 Å². The van der Waals surface area contributed by atoms with Crippen molar-refractivity contribution < 1.29 is 14.3 Å². The lowest BCUT2D eigenvalue weighted by Crippen LogP contribution is -2.48. The van der Waals surface area contributed by atoms with Crippen LogP contribution in [0.15, 0.2) is 24.4 Å². The Bertz CT molecular complexity index is 702. The number of likely N-dealkylation sites (N-methyl/N-ethyl adjacent to an activating group) is 1. The highest BCUT2D eigenvalue weighted by Gasteiger charge is 2.38. The molecule has 1 N–H and O–H groups in total. The second kappa shape index (κ2) is 5.44. The maximum absolute atomic E-state index is 12.3. The van der Waals surface area contributed by atoms with E-state index >= 15 is 0 Å². The van der Waals surface area contributed by atoms with Gasteiger partial charge < -0.3 is 9.53 Å². The number of nitrogens with one attached hydrogen (secondary N) is 1. The highest BCUT2D eigenvalue weighted by Crippen LogP contribution is 2.31. The highest BCUT2D eigenvalue weighted by atomic mass is 16.6. The summed E-state index contributed by atoms with van der Waals surface area (Å²) in [5.41, 5.74) is -0.387. The van der Waals surface area contributed by atoms with Gasteiger partial charge in [-0.2, -0.15) is 5.10 Å². The number of carbonyl (C=O) groups is 2. The van der Waals surface area contributed by atoms with E-state index in [1.807, 2.05) is 12.1 Å². The molecule has 1 aromatic heterocycles. The van der Waals surface area contributed by atoms with Crippen LogP contribution in [0.2, 0.25) is 0 Å². The molecule has 1 unspecified atom stereocenters. The first-order chi connectivity index (χ1) is 10.2. The van der Waals surface area contributed by atoms with Crippen LogP contribution in [-0.4, -0.2) is 40.1 Å². The molecule has 0 aliphatic heterocycles. The predicted molar refractivity (Wildman–Crippen MR) is 83.5 cm³/mol. The zero-order chi connectivity index (χ0) is 16.5. The summed E-state index contributed by atoms with van der Waals surface area (Å²) < 4.78 is 5.36. The van der Waals surface area contributed by atoms with E-state index in [2.05, 4.69) is 10.2 Å².